The minimum atomic E-state index is -0.958. The number of allylic oxidation sites excluding steroid dienone is 2. The Hall–Kier alpha value is -2.93. The third-order valence-electron chi connectivity index (χ3n) is 6.41. The van der Waals surface area contributed by atoms with E-state index >= 15 is 0 Å². The molecular formula is C23H24N2O4S. The van der Waals surface area contributed by atoms with Gasteiger partial charge in [-0.05, 0) is 55.7 Å². The zero-order valence-corrected chi connectivity index (χ0v) is 17.9. The minimum absolute atomic E-state index is 0.0894. The molecule has 1 saturated carbocycles. The van der Waals surface area contributed by atoms with Crippen molar-refractivity contribution >= 4 is 34.1 Å². The van der Waals surface area contributed by atoms with Crippen LogP contribution in [0, 0.1) is 44.4 Å². The topological polar surface area (TPSA) is 109 Å². The van der Waals surface area contributed by atoms with Crippen molar-refractivity contribution in [3.05, 3.63) is 51.9 Å². The number of carboxylic acid groups (broad SMARTS) is 1. The van der Waals surface area contributed by atoms with E-state index in [1.54, 1.807) is 0 Å². The Bertz CT molecular complexity index is 1100. The van der Waals surface area contributed by atoms with Gasteiger partial charge in [-0.2, -0.15) is 0 Å². The van der Waals surface area contributed by atoms with Gasteiger partial charge in [0.25, 0.3) is 5.91 Å². The molecule has 156 valence electrons. The van der Waals surface area contributed by atoms with Crippen LogP contribution in [0.1, 0.15) is 32.8 Å². The molecule has 1 fully saturated rings. The van der Waals surface area contributed by atoms with Gasteiger partial charge in [0.1, 0.15) is 5.00 Å². The summed E-state index contributed by atoms with van der Waals surface area (Å²) in [5.74, 6) is -3.54. The molecule has 0 spiro atoms. The number of carboxylic acids is 1. The van der Waals surface area contributed by atoms with Crippen LogP contribution in [0.4, 0.5) is 5.00 Å². The Kier molecular flexibility index (Phi) is 5.02. The fourth-order valence-electron chi connectivity index (χ4n) is 4.82. The molecule has 1 heterocycles. The van der Waals surface area contributed by atoms with Gasteiger partial charge in [-0.1, -0.05) is 30.4 Å². The van der Waals surface area contributed by atoms with Gasteiger partial charge in [0.05, 0.1) is 17.4 Å². The SMILES string of the molecule is Cc1ccc(-c2c(C)sc(NC(=O)[C@H]3[C@H](C(=O)O)[C@H]4C=C[C@H]3C4)c2C(N)=O)cc1C. The summed E-state index contributed by atoms with van der Waals surface area (Å²) in [7, 11) is 0. The molecule has 30 heavy (non-hydrogen) atoms. The molecule has 4 atom stereocenters. The number of carbonyl (C=O) groups is 3. The lowest BCUT2D eigenvalue weighted by molar-refractivity contribution is -0.146. The lowest BCUT2D eigenvalue weighted by Crippen LogP contribution is -2.36. The van der Waals surface area contributed by atoms with Crippen molar-refractivity contribution in [2.75, 3.05) is 5.32 Å². The van der Waals surface area contributed by atoms with Crippen molar-refractivity contribution in [2.24, 2.45) is 29.4 Å². The number of hydrogen-bond acceptors (Lipinski definition) is 4. The summed E-state index contributed by atoms with van der Waals surface area (Å²) < 4.78 is 0. The van der Waals surface area contributed by atoms with Crippen LogP contribution in [-0.2, 0) is 9.59 Å². The number of hydrogen-bond donors (Lipinski definition) is 3. The lowest BCUT2D eigenvalue weighted by atomic mass is 9.82. The molecule has 0 aliphatic heterocycles. The summed E-state index contributed by atoms with van der Waals surface area (Å²) in [4.78, 5) is 38.1. The largest absolute Gasteiger partial charge is 0.481 e. The fraction of sp³-hybridized carbons (Fsp3) is 0.348. The quantitative estimate of drug-likeness (QED) is 0.632. The number of anilines is 1. The van der Waals surface area contributed by atoms with Gasteiger partial charge < -0.3 is 16.2 Å². The summed E-state index contributed by atoms with van der Waals surface area (Å²) in [6.45, 7) is 5.91. The highest BCUT2D eigenvalue weighted by Crippen LogP contribution is 2.49. The minimum Gasteiger partial charge on any atom is -0.481 e. The second-order valence-electron chi connectivity index (χ2n) is 8.23. The molecule has 0 unspecified atom stereocenters. The molecule has 0 radical (unpaired) electrons. The number of nitrogens with one attached hydrogen (secondary N) is 1. The molecular weight excluding hydrogens is 400 g/mol. The normalized spacial score (nSPS) is 24.2. The van der Waals surface area contributed by atoms with E-state index in [2.05, 4.69) is 5.32 Å². The van der Waals surface area contributed by atoms with Crippen LogP contribution in [0.3, 0.4) is 0 Å². The fourth-order valence-corrected chi connectivity index (χ4v) is 5.91. The van der Waals surface area contributed by atoms with E-state index in [0.29, 0.717) is 17.0 Å². The van der Waals surface area contributed by atoms with Crippen molar-refractivity contribution < 1.29 is 19.5 Å². The van der Waals surface area contributed by atoms with Gasteiger partial charge >= 0.3 is 5.97 Å². The van der Waals surface area contributed by atoms with Crippen LogP contribution in [0.25, 0.3) is 11.1 Å². The van der Waals surface area contributed by atoms with E-state index in [4.69, 9.17) is 5.73 Å². The van der Waals surface area contributed by atoms with Crippen molar-refractivity contribution in [1.29, 1.82) is 0 Å². The smallest absolute Gasteiger partial charge is 0.307 e. The first-order valence-electron chi connectivity index (χ1n) is 9.91. The maximum Gasteiger partial charge on any atom is 0.307 e. The zero-order chi connectivity index (χ0) is 21.7. The number of amides is 2. The average Bonchev–Trinajstić information content (AvgIpc) is 3.36. The zero-order valence-electron chi connectivity index (χ0n) is 17.1. The Balaban J connectivity index is 1.71. The Morgan fingerprint density at radius 1 is 1.07 bits per heavy atom. The number of aryl methyl sites for hydroxylation is 3. The van der Waals surface area contributed by atoms with Gasteiger partial charge in [0, 0.05) is 10.4 Å². The number of benzene rings is 1. The van der Waals surface area contributed by atoms with Crippen LogP contribution in [0.5, 0.6) is 0 Å². The standard InChI is InChI=1S/C23H24N2O4S/c1-10-4-5-13(8-11(10)2)16-12(3)30-22(19(16)20(24)26)25-21(27)17-14-6-7-15(9-14)18(17)23(28)29/h4-8,14-15,17-18H,9H2,1-3H3,(H2,24,26)(H,25,27)(H,28,29)/t14-,15-,17+,18+/m0/s1. The molecule has 4 N–H and O–H groups in total. The highest BCUT2D eigenvalue weighted by molar-refractivity contribution is 7.17. The van der Waals surface area contributed by atoms with Crippen LogP contribution in [0.2, 0.25) is 0 Å². The molecule has 1 aromatic carbocycles. The van der Waals surface area contributed by atoms with Crippen LogP contribution >= 0.6 is 11.3 Å². The molecule has 1 aromatic heterocycles. The summed E-state index contributed by atoms with van der Waals surface area (Å²) in [5.41, 5.74) is 9.81. The van der Waals surface area contributed by atoms with E-state index < -0.39 is 23.7 Å². The Morgan fingerprint density at radius 3 is 2.33 bits per heavy atom. The third kappa shape index (κ3) is 3.23. The second kappa shape index (κ2) is 7.40. The molecule has 2 bridgehead atoms. The number of primary amides is 1. The van der Waals surface area contributed by atoms with Crippen molar-refractivity contribution in [3.8, 4) is 11.1 Å². The number of nitrogens with two attached hydrogens (primary N) is 1. The van der Waals surface area contributed by atoms with Gasteiger partial charge in [0.15, 0.2) is 0 Å². The predicted molar refractivity (Wildman–Crippen MR) is 116 cm³/mol. The molecule has 4 rings (SSSR count). The van der Waals surface area contributed by atoms with Crippen LogP contribution < -0.4 is 11.1 Å². The number of aliphatic carboxylic acids is 1. The molecule has 6 nitrogen and oxygen atoms in total. The lowest BCUT2D eigenvalue weighted by Gasteiger charge is -2.23. The molecule has 2 aromatic rings. The molecule has 2 aliphatic rings. The number of rotatable bonds is 5. The maximum atomic E-state index is 13.1. The monoisotopic (exact) mass is 424 g/mol. The summed E-state index contributed by atoms with van der Waals surface area (Å²) in [5, 5.41) is 12.8. The first-order chi connectivity index (χ1) is 14.2. The molecule has 0 saturated heterocycles. The second-order valence-corrected chi connectivity index (χ2v) is 9.45. The summed E-state index contributed by atoms with van der Waals surface area (Å²) in [6, 6.07) is 5.93. The van der Waals surface area contributed by atoms with Crippen LogP contribution in [0.15, 0.2) is 30.4 Å². The van der Waals surface area contributed by atoms with Gasteiger partial charge in [-0.25, -0.2) is 0 Å². The van der Waals surface area contributed by atoms with Crippen molar-refractivity contribution in [1.82, 2.24) is 0 Å². The number of thiophene rings is 1. The first-order valence-corrected chi connectivity index (χ1v) is 10.7. The molecule has 7 heteroatoms. The predicted octanol–water partition coefficient (Wildman–Crippen LogP) is 3.90. The van der Waals surface area contributed by atoms with E-state index in [9.17, 15) is 19.5 Å². The number of fused-ring (bicyclic) bond motifs is 2. The first kappa shape index (κ1) is 20.3. The van der Waals surface area contributed by atoms with Crippen molar-refractivity contribution in [3.63, 3.8) is 0 Å². The molecule has 2 amide bonds. The number of carbonyl (C=O) groups excluding carboxylic acids is 2. The third-order valence-corrected chi connectivity index (χ3v) is 7.43. The van der Waals surface area contributed by atoms with Gasteiger partial charge in [0.2, 0.25) is 5.91 Å². The summed E-state index contributed by atoms with van der Waals surface area (Å²) >= 11 is 1.29. The molecule has 2 aliphatic carbocycles. The summed E-state index contributed by atoms with van der Waals surface area (Å²) in [6.07, 6.45) is 4.51. The van der Waals surface area contributed by atoms with Crippen molar-refractivity contribution in [2.45, 2.75) is 27.2 Å². The van der Waals surface area contributed by atoms with Gasteiger partial charge in [-0.15, -0.1) is 11.3 Å². The highest BCUT2D eigenvalue weighted by atomic mass is 32.1. The Labute approximate surface area is 178 Å². The van der Waals surface area contributed by atoms with E-state index in [0.717, 1.165) is 21.6 Å². The van der Waals surface area contributed by atoms with Crippen LogP contribution in [-0.4, -0.2) is 22.9 Å². The highest BCUT2D eigenvalue weighted by Gasteiger charge is 2.51. The van der Waals surface area contributed by atoms with E-state index in [1.807, 2.05) is 51.1 Å². The van der Waals surface area contributed by atoms with Gasteiger partial charge in [-0.3, -0.25) is 14.4 Å². The van der Waals surface area contributed by atoms with E-state index in [1.165, 1.54) is 11.3 Å². The van der Waals surface area contributed by atoms with E-state index in [-0.39, 0.29) is 23.3 Å². The maximum absolute atomic E-state index is 13.1. The average molecular weight is 425 g/mol. The Morgan fingerprint density at radius 2 is 1.73 bits per heavy atom.